The monoisotopic (exact) mass is 126 g/mol. The Morgan fingerprint density at radius 2 is 2.33 bits per heavy atom. The highest BCUT2D eigenvalue weighted by Gasteiger charge is 2.29. The van der Waals surface area contributed by atoms with Crippen molar-refractivity contribution in [1.29, 1.82) is 0 Å². The van der Waals surface area contributed by atoms with Gasteiger partial charge in [-0.3, -0.25) is 0 Å². The van der Waals surface area contributed by atoms with Crippen LogP contribution in [0.15, 0.2) is 12.7 Å². The molecule has 1 rings (SSSR count). The quantitative estimate of drug-likeness (QED) is 0.488. The second kappa shape index (κ2) is 2.14. The van der Waals surface area contributed by atoms with Gasteiger partial charge in [-0.15, -0.1) is 6.58 Å². The number of hydrogen-bond acceptors (Lipinski definition) is 1. The van der Waals surface area contributed by atoms with Gasteiger partial charge in [0.15, 0.2) is 0 Å². The summed E-state index contributed by atoms with van der Waals surface area (Å²) in [6.45, 7) is 8.83. The molecule has 1 fully saturated rings. The molecule has 0 amide bonds. The average molecular weight is 126 g/mol. The Labute approximate surface area is 56.7 Å². The summed E-state index contributed by atoms with van der Waals surface area (Å²) < 4.78 is 5.47. The molecular formula is C8H14O. The van der Waals surface area contributed by atoms with E-state index in [1.165, 1.54) is 0 Å². The van der Waals surface area contributed by atoms with Gasteiger partial charge in [0, 0.05) is 5.92 Å². The summed E-state index contributed by atoms with van der Waals surface area (Å²) in [4.78, 5) is 0. The van der Waals surface area contributed by atoms with E-state index in [2.05, 4.69) is 20.4 Å². The minimum absolute atomic E-state index is 0.0961. The van der Waals surface area contributed by atoms with Crippen molar-refractivity contribution in [3.63, 3.8) is 0 Å². The Bertz CT molecular complexity index is 116. The van der Waals surface area contributed by atoms with Gasteiger partial charge in [0.05, 0.1) is 12.2 Å². The van der Waals surface area contributed by atoms with E-state index in [0.29, 0.717) is 5.92 Å². The molecular weight excluding hydrogens is 112 g/mol. The fourth-order valence-electron chi connectivity index (χ4n) is 1.23. The van der Waals surface area contributed by atoms with Gasteiger partial charge in [0.25, 0.3) is 0 Å². The fraction of sp³-hybridized carbons (Fsp3) is 0.750. The SMILES string of the molecule is C=C[C@@H]1COC(C)(C)C1. The van der Waals surface area contributed by atoms with Gasteiger partial charge in [-0.2, -0.15) is 0 Å². The molecule has 0 aromatic carbocycles. The summed E-state index contributed by atoms with van der Waals surface area (Å²) in [5.41, 5.74) is 0.0961. The highest BCUT2D eigenvalue weighted by Crippen LogP contribution is 2.29. The van der Waals surface area contributed by atoms with E-state index in [-0.39, 0.29) is 5.60 Å². The number of rotatable bonds is 1. The maximum Gasteiger partial charge on any atom is 0.0633 e. The van der Waals surface area contributed by atoms with Crippen LogP contribution in [0.1, 0.15) is 20.3 Å². The predicted molar refractivity (Wildman–Crippen MR) is 38.3 cm³/mol. The van der Waals surface area contributed by atoms with Crippen molar-refractivity contribution >= 4 is 0 Å². The predicted octanol–water partition coefficient (Wildman–Crippen LogP) is 1.99. The zero-order chi connectivity index (χ0) is 6.91. The normalized spacial score (nSPS) is 32.4. The molecule has 1 nitrogen and oxygen atoms in total. The smallest absolute Gasteiger partial charge is 0.0633 e. The molecule has 0 spiro atoms. The summed E-state index contributed by atoms with van der Waals surface area (Å²) in [6.07, 6.45) is 3.10. The first-order valence-electron chi connectivity index (χ1n) is 3.40. The van der Waals surface area contributed by atoms with Crippen molar-refractivity contribution in [3.05, 3.63) is 12.7 Å². The molecule has 1 heteroatoms. The second-order valence-electron chi connectivity index (χ2n) is 3.27. The van der Waals surface area contributed by atoms with Crippen molar-refractivity contribution in [2.45, 2.75) is 25.9 Å². The molecule has 1 aliphatic rings. The molecule has 1 heterocycles. The molecule has 0 aliphatic carbocycles. The molecule has 0 aromatic rings. The summed E-state index contributed by atoms with van der Waals surface area (Å²) in [6, 6.07) is 0. The van der Waals surface area contributed by atoms with Crippen molar-refractivity contribution in [1.82, 2.24) is 0 Å². The van der Waals surface area contributed by atoms with Gasteiger partial charge in [-0.05, 0) is 20.3 Å². The van der Waals surface area contributed by atoms with Crippen LogP contribution in [-0.4, -0.2) is 12.2 Å². The number of hydrogen-bond donors (Lipinski definition) is 0. The van der Waals surface area contributed by atoms with Gasteiger partial charge in [0.2, 0.25) is 0 Å². The third-order valence-electron chi connectivity index (χ3n) is 1.78. The van der Waals surface area contributed by atoms with Crippen molar-refractivity contribution in [3.8, 4) is 0 Å². The topological polar surface area (TPSA) is 9.23 Å². The largest absolute Gasteiger partial charge is 0.375 e. The standard InChI is InChI=1S/C8H14O/c1-4-7-5-8(2,3)9-6-7/h4,7H,1,5-6H2,2-3H3/t7-/m0/s1. The molecule has 0 N–H and O–H groups in total. The molecule has 1 saturated heterocycles. The van der Waals surface area contributed by atoms with E-state index in [1.807, 2.05) is 6.08 Å². The number of ether oxygens (including phenoxy) is 1. The lowest BCUT2D eigenvalue weighted by Crippen LogP contribution is -2.16. The first-order valence-corrected chi connectivity index (χ1v) is 3.40. The summed E-state index contributed by atoms with van der Waals surface area (Å²) in [5, 5.41) is 0. The van der Waals surface area contributed by atoms with Crippen LogP contribution in [0.4, 0.5) is 0 Å². The Balaban J connectivity index is 2.47. The van der Waals surface area contributed by atoms with Crippen LogP contribution < -0.4 is 0 Å². The molecule has 1 atom stereocenters. The van der Waals surface area contributed by atoms with Crippen molar-refractivity contribution in [2.75, 3.05) is 6.61 Å². The Hall–Kier alpha value is -0.300. The summed E-state index contributed by atoms with van der Waals surface area (Å²) in [5.74, 6) is 0.583. The van der Waals surface area contributed by atoms with E-state index >= 15 is 0 Å². The van der Waals surface area contributed by atoms with Crippen LogP contribution in [0.25, 0.3) is 0 Å². The third kappa shape index (κ3) is 1.55. The van der Waals surface area contributed by atoms with Crippen LogP contribution >= 0.6 is 0 Å². The van der Waals surface area contributed by atoms with Gasteiger partial charge in [0.1, 0.15) is 0 Å². The van der Waals surface area contributed by atoms with E-state index in [4.69, 9.17) is 4.74 Å². The first-order chi connectivity index (χ1) is 4.14. The Morgan fingerprint density at radius 3 is 2.56 bits per heavy atom. The molecule has 1 aliphatic heterocycles. The molecule has 52 valence electrons. The van der Waals surface area contributed by atoms with Crippen LogP contribution in [0.5, 0.6) is 0 Å². The van der Waals surface area contributed by atoms with Crippen LogP contribution in [0.3, 0.4) is 0 Å². The third-order valence-corrected chi connectivity index (χ3v) is 1.78. The summed E-state index contributed by atoms with van der Waals surface area (Å²) >= 11 is 0. The molecule has 9 heavy (non-hydrogen) atoms. The van der Waals surface area contributed by atoms with Gasteiger partial charge < -0.3 is 4.74 Å². The van der Waals surface area contributed by atoms with Crippen molar-refractivity contribution < 1.29 is 4.74 Å². The zero-order valence-corrected chi connectivity index (χ0v) is 6.18. The lowest BCUT2D eigenvalue weighted by molar-refractivity contribution is 0.0357. The molecule has 0 saturated carbocycles. The van der Waals surface area contributed by atoms with Crippen LogP contribution in [0, 0.1) is 5.92 Å². The van der Waals surface area contributed by atoms with Gasteiger partial charge in [-0.1, -0.05) is 6.08 Å². The van der Waals surface area contributed by atoms with Crippen LogP contribution in [0.2, 0.25) is 0 Å². The van der Waals surface area contributed by atoms with Crippen LogP contribution in [-0.2, 0) is 4.74 Å². The first kappa shape index (κ1) is 6.81. The van der Waals surface area contributed by atoms with Gasteiger partial charge in [-0.25, -0.2) is 0 Å². The molecule has 0 radical (unpaired) electrons. The van der Waals surface area contributed by atoms with E-state index in [0.717, 1.165) is 13.0 Å². The van der Waals surface area contributed by atoms with Gasteiger partial charge >= 0.3 is 0 Å². The molecule has 0 bridgehead atoms. The minimum atomic E-state index is 0.0961. The summed E-state index contributed by atoms with van der Waals surface area (Å²) in [7, 11) is 0. The lowest BCUT2D eigenvalue weighted by Gasteiger charge is -2.14. The maximum atomic E-state index is 5.47. The highest BCUT2D eigenvalue weighted by molar-refractivity contribution is 4.89. The Kier molecular flexibility index (Phi) is 1.62. The highest BCUT2D eigenvalue weighted by atomic mass is 16.5. The lowest BCUT2D eigenvalue weighted by atomic mass is 9.98. The Morgan fingerprint density at radius 1 is 1.67 bits per heavy atom. The fourth-order valence-corrected chi connectivity index (χ4v) is 1.23. The maximum absolute atomic E-state index is 5.47. The zero-order valence-electron chi connectivity index (χ0n) is 6.18. The second-order valence-corrected chi connectivity index (χ2v) is 3.27. The molecule has 0 unspecified atom stereocenters. The van der Waals surface area contributed by atoms with Crippen molar-refractivity contribution in [2.24, 2.45) is 5.92 Å². The minimum Gasteiger partial charge on any atom is -0.375 e. The van der Waals surface area contributed by atoms with E-state index < -0.39 is 0 Å². The van der Waals surface area contributed by atoms with E-state index in [9.17, 15) is 0 Å². The average Bonchev–Trinajstić information content (AvgIpc) is 2.10. The van der Waals surface area contributed by atoms with E-state index in [1.54, 1.807) is 0 Å². The molecule has 0 aromatic heterocycles.